The number of nitrogens with zero attached hydrogens (tertiary/aromatic N) is 1. The number of rotatable bonds is 4. The van der Waals surface area contributed by atoms with E-state index in [0.29, 0.717) is 32.1 Å². The van der Waals surface area contributed by atoms with E-state index in [4.69, 9.17) is 27.6 Å². The van der Waals surface area contributed by atoms with Crippen LogP contribution < -0.4 is 5.32 Å². The topological polar surface area (TPSA) is 55.1 Å². The summed E-state index contributed by atoms with van der Waals surface area (Å²) >= 11 is 13.0. The van der Waals surface area contributed by atoms with Crippen molar-refractivity contribution in [1.82, 2.24) is 4.98 Å². The maximum absolute atomic E-state index is 11.9. The van der Waals surface area contributed by atoms with Crippen LogP contribution in [0.15, 0.2) is 52.1 Å². The first-order chi connectivity index (χ1) is 10.6. The van der Waals surface area contributed by atoms with Gasteiger partial charge in [0, 0.05) is 15.7 Å². The van der Waals surface area contributed by atoms with E-state index in [1.165, 1.54) is 11.8 Å². The van der Waals surface area contributed by atoms with E-state index in [1.54, 1.807) is 42.5 Å². The number of halogens is 2. The molecule has 0 spiro atoms. The monoisotopic (exact) mass is 352 g/mol. The van der Waals surface area contributed by atoms with Crippen LogP contribution in [0.25, 0.3) is 11.1 Å². The molecule has 7 heteroatoms. The van der Waals surface area contributed by atoms with Gasteiger partial charge >= 0.3 is 0 Å². The number of hydrogen-bond acceptors (Lipinski definition) is 4. The molecular weight excluding hydrogens is 343 g/mol. The van der Waals surface area contributed by atoms with Crippen molar-refractivity contribution in [3.05, 3.63) is 52.5 Å². The summed E-state index contributed by atoms with van der Waals surface area (Å²) in [6, 6.07) is 12.2. The normalized spacial score (nSPS) is 10.8. The van der Waals surface area contributed by atoms with Crippen molar-refractivity contribution in [3.8, 4) is 0 Å². The zero-order valence-electron chi connectivity index (χ0n) is 11.2. The molecular formula is C15H10Cl2N2O2S. The lowest BCUT2D eigenvalue weighted by molar-refractivity contribution is -0.113. The Balaban J connectivity index is 1.62. The van der Waals surface area contributed by atoms with Gasteiger partial charge in [-0.25, -0.2) is 4.98 Å². The fourth-order valence-corrected chi connectivity index (χ4v) is 2.83. The number of oxazole rings is 1. The van der Waals surface area contributed by atoms with Gasteiger partial charge in [0.15, 0.2) is 5.58 Å². The molecule has 0 atom stereocenters. The van der Waals surface area contributed by atoms with Crippen molar-refractivity contribution in [2.75, 3.05) is 11.1 Å². The Labute approximate surface area is 140 Å². The van der Waals surface area contributed by atoms with Crippen LogP contribution >= 0.6 is 35.0 Å². The van der Waals surface area contributed by atoms with Crippen molar-refractivity contribution >= 4 is 57.7 Å². The molecule has 0 radical (unpaired) electrons. The summed E-state index contributed by atoms with van der Waals surface area (Å²) in [6.45, 7) is 0. The van der Waals surface area contributed by atoms with Crippen molar-refractivity contribution < 1.29 is 9.21 Å². The minimum atomic E-state index is -0.160. The first-order valence-corrected chi connectivity index (χ1v) is 8.08. The SMILES string of the molecule is O=C(CSc1nc2cc(Cl)ccc2o1)Nc1cccc(Cl)c1. The summed E-state index contributed by atoms with van der Waals surface area (Å²) in [5.41, 5.74) is 1.97. The van der Waals surface area contributed by atoms with Gasteiger partial charge in [-0.15, -0.1) is 0 Å². The molecule has 1 aromatic heterocycles. The van der Waals surface area contributed by atoms with Crippen LogP contribution in [0.5, 0.6) is 0 Å². The van der Waals surface area contributed by atoms with E-state index in [1.807, 2.05) is 0 Å². The summed E-state index contributed by atoms with van der Waals surface area (Å²) in [7, 11) is 0. The van der Waals surface area contributed by atoms with Gasteiger partial charge < -0.3 is 9.73 Å². The van der Waals surface area contributed by atoms with E-state index in [2.05, 4.69) is 10.3 Å². The summed E-state index contributed by atoms with van der Waals surface area (Å²) in [5, 5.41) is 4.35. The van der Waals surface area contributed by atoms with Crippen LogP contribution in [0.1, 0.15) is 0 Å². The zero-order chi connectivity index (χ0) is 15.5. The molecule has 0 aliphatic heterocycles. The predicted molar refractivity (Wildman–Crippen MR) is 89.8 cm³/mol. The summed E-state index contributed by atoms with van der Waals surface area (Å²) in [5.74, 6) is 0.0279. The third kappa shape index (κ3) is 3.74. The third-order valence-corrected chi connectivity index (χ3v) is 4.06. The van der Waals surface area contributed by atoms with Crippen LogP contribution in [0, 0.1) is 0 Å². The number of benzene rings is 2. The van der Waals surface area contributed by atoms with Crippen LogP contribution in [-0.4, -0.2) is 16.6 Å². The van der Waals surface area contributed by atoms with Crippen LogP contribution in [0.4, 0.5) is 5.69 Å². The fourth-order valence-electron chi connectivity index (χ4n) is 1.83. The van der Waals surface area contributed by atoms with Crippen molar-refractivity contribution in [2.24, 2.45) is 0 Å². The number of carbonyl (C=O) groups is 1. The van der Waals surface area contributed by atoms with E-state index >= 15 is 0 Å². The van der Waals surface area contributed by atoms with Gasteiger partial charge in [-0.1, -0.05) is 41.0 Å². The van der Waals surface area contributed by atoms with Crippen LogP contribution in [-0.2, 0) is 4.79 Å². The standard InChI is InChI=1S/C15H10Cl2N2O2S/c16-9-2-1-3-11(6-9)18-14(20)8-22-15-19-12-7-10(17)4-5-13(12)21-15/h1-7H,8H2,(H,18,20). The van der Waals surface area contributed by atoms with E-state index < -0.39 is 0 Å². The lowest BCUT2D eigenvalue weighted by atomic mass is 10.3. The summed E-state index contributed by atoms with van der Waals surface area (Å²) in [4.78, 5) is 16.2. The first kappa shape index (κ1) is 15.2. The highest BCUT2D eigenvalue weighted by Crippen LogP contribution is 2.25. The molecule has 0 fully saturated rings. The second-order valence-corrected chi connectivity index (χ2v) is 6.24. The molecule has 1 N–H and O–H groups in total. The first-order valence-electron chi connectivity index (χ1n) is 6.34. The lowest BCUT2D eigenvalue weighted by Crippen LogP contribution is -2.13. The Morgan fingerprint density at radius 2 is 2.00 bits per heavy atom. The highest BCUT2D eigenvalue weighted by Gasteiger charge is 2.10. The third-order valence-electron chi connectivity index (χ3n) is 2.77. The second kappa shape index (κ2) is 6.60. The number of nitrogens with one attached hydrogen (secondary N) is 1. The Morgan fingerprint density at radius 3 is 2.82 bits per heavy atom. The molecule has 22 heavy (non-hydrogen) atoms. The molecule has 1 heterocycles. The number of carbonyl (C=O) groups excluding carboxylic acids is 1. The van der Waals surface area contributed by atoms with Crippen molar-refractivity contribution in [3.63, 3.8) is 0 Å². The van der Waals surface area contributed by atoms with Gasteiger partial charge in [-0.2, -0.15) is 0 Å². The molecule has 0 aliphatic rings. The minimum Gasteiger partial charge on any atom is -0.431 e. The Bertz CT molecular complexity index is 835. The van der Waals surface area contributed by atoms with Gasteiger partial charge in [0.2, 0.25) is 5.91 Å². The van der Waals surface area contributed by atoms with Gasteiger partial charge in [-0.3, -0.25) is 4.79 Å². The largest absolute Gasteiger partial charge is 0.431 e. The van der Waals surface area contributed by atoms with Crippen LogP contribution in [0.2, 0.25) is 10.0 Å². The lowest BCUT2D eigenvalue weighted by Gasteiger charge is -2.03. The molecule has 4 nitrogen and oxygen atoms in total. The molecule has 3 rings (SSSR count). The average Bonchev–Trinajstić information content (AvgIpc) is 2.87. The number of anilines is 1. The van der Waals surface area contributed by atoms with E-state index in [0.717, 1.165) is 0 Å². The molecule has 3 aromatic rings. The molecule has 112 valence electrons. The summed E-state index contributed by atoms with van der Waals surface area (Å²) in [6.07, 6.45) is 0. The van der Waals surface area contributed by atoms with Crippen LogP contribution in [0.3, 0.4) is 0 Å². The number of aromatic nitrogens is 1. The highest BCUT2D eigenvalue weighted by molar-refractivity contribution is 7.99. The van der Waals surface area contributed by atoms with Gasteiger partial charge in [0.1, 0.15) is 5.52 Å². The zero-order valence-corrected chi connectivity index (χ0v) is 13.5. The fraction of sp³-hybridized carbons (Fsp3) is 0.0667. The molecule has 0 aliphatic carbocycles. The number of amides is 1. The number of fused-ring (bicyclic) bond motifs is 1. The smallest absolute Gasteiger partial charge is 0.257 e. The van der Waals surface area contributed by atoms with Gasteiger partial charge in [-0.05, 0) is 36.4 Å². The molecule has 0 bridgehead atoms. The maximum atomic E-state index is 11.9. The summed E-state index contributed by atoms with van der Waals surface area (Å²) < 4.78 is 5.53. The quantitative estimate of drug-likeness (QED) is 0.680. The Morgan fingerprint density at radius 1 is 1.18 bits per heavy atom. The second-order valence-electron chi connectivity index (χ2n) is 4.44. The molecule has 0 unspecified atom stereocenters. The predicted octanol–water partition coefficient (Wildman–Crippen LogP) is 4.87. The molecule has 1 amide bonds. The van der Waals surface area contributed by atoms with Gasteiger partial charge in [0.25, 0.3) is 5.22 Å². The highest BCUT2D eigenvalue weighted by atomic mass is 35.5. The van der Waals surface area contributed by atoms with Crippen molar-refractivity contribution in [1.29, 1.82) is 0 Å². The molecule has 0 saturated heterocycles. The van der Waals surface area contributed by atoms with E-state index in [-0.39, 0.29) is 11.7 Å². The number of hydrogen-bond donors (Lipinski definition) is 1. The Kier molecular flexibility index (Phi) is 4.57. The van der Waals surface area contributed by atoms with Crippen molar-refractivity contribution in [2.45, 2.75) is 5.22 Å². The minimum absolute atomic E-state index is 0.160. The molecule has 0 saturated carbocycles. The van der Waals surface area contributed by atoms with E-state index in [9.17, 15) is 4.79 Å². The average molecular weight is 353 g/mol. The number of thioether (sulfide) groups is 1. The molecule has 2 aromatic carbocycles. The Hall–Kier alpha value is -1.69. The maximum Gasteiger partial charge on any atom is 0.257 e. The van der Waals surface area contributed by atoms with Gasteiger partial charge in [0.05, 0.1) is 5.75 Å².